The molecule has 16 heavy (non-hydrogen) atoms. The van der Waals surface area contributed by atoms with Gasteiger partial charge in [0.25, 0.3) is 0 Å². The van der Waals surface area contributed by atoms with E-state index in [1.54, 1.807) is 0 Å². The SMILES string of the molecule is N=C(SCc1ccccc1)c1ccc(Cl)s1. The van der Waals surface area contributed by atoms with Gasteiger partial charge in [0.15, 0.2) is 0 Å². The van der Waals surface area contributed by atoms with Gasteiger partial charge in [-0.25, -0.2) is 0 Å². The van der Waals surface area contributed by atoms with Crippen LogP contribution in [0.5, 0.6) is 0 Å². The third kappa shape index (κ3) is 3.11. The maximum Gasteiger partial charge on any atom is 0.105 e. The molecule has 2 aromatic rings. The van der Waals surface area contributed by atoms with Gasteiger partial charge in [-0.1, -0.05) is 41.9 Å². The topological polar surface area (TPSA) is 23.9 Å². The summed E-state index contributed by atoms with van der Waals surface area (Å²) in [7, 11) is 0. The Bertz CT molecular complexity index is 479. The Morgan fingerprint density at radius 3 is 2.56 bits per heavy atom. The number of nitrogens with one attached hydrogen (secondary N) is 1. The molecule has 2 rings (SSSR count). The summed E-state index contributed by atoms with van der Waals surface area (Å²) in [4.78, 5) is 0.936. The van der Waals surface area contributed by atoms with E-state index in [4.69, 9.17) is 17.0 Å². The van der Waals surface area contributed by atoms with Crippen LogP contribution in [0.15, 0.2) is 42.5 Å². The molecule has 0 atom stereocenters. The number of rotatable bonds is 3. The van der Waals surface area contributed by atoms with Crippen molar-refractivity contribution in [2.24, 2.45) is 0 Å². The Morgan fingerprint density at radius 2 is 1.94 bits per heavy atom. The Balaban J connectivity index is 1.94. The minimum absolute atomic E-state index is 0.584. The molecular weight excluding hydrogens is 258 g/mol. The van der Waals surface area contributed by atoms with Crippen LogP contribution in [0.1, 0.15) is 10.4 Å². The Morgan fingerprint density at radius 1 is 1.19 bits per heavy atom. The smallest absolute Gasteiger partial charge is 0.105 e. The van der Waals surface area contributed by atoms with Gasteiger partial charge in [-0.05, 0) is 17.7 Å². The second-order valence-electron chi connectivity index (χ2n) is 3.21. The number of benzene rings is 1. The molecule has 4 heteroatoms. The van der Waals surface area contributed by atoms with Crippen LogP contribution < -0.4 is 0 Å². The Kier molecular flexibility index (Phi) is 4.04. The normalized spacial score (nSPS) is 10.3. The third-order valence-electron chi connectivity index (χ3n) is 2.02. The lowest BCUT2D eigenvalue weighted by Crippen LogP contribution is -1.90. The molecule has 0 bridgehead atoms. The first-order valence-corrected chi connectivity index (χ1v) is 6.95. The van der Waals surface area contributed by atoms with Crippen molar-refractivity contribution >= 4 is 39.7 Å². The second kappa shape index (κ2) is 5.53. The molecule has 1 aromatic carbocycles. The molecule has 0 amide bonds. The molecule has 0 saturated heterocycles. The minimum atomic E-state index is 0.584. The van der Waals surface area contributed by atoms with Gasteiger partial charge in [-0.15, -0.1) is 23.1 Å². The molecule has 0 fully saturated rings. The van der Waals surface area contributed by atoms with Gasteiger partial charge in [-0.3, -0.25) is 5.41 Å². The lowest BCUT2D eigenvalue weighted by molar-refractivity contribution is 1.42. The van der Waals surface area contributed by atoms with E-state index in [0.29, 0.717) is 5.04 Å². The highest BCUT2D eigenvalue weighted by Crippen LogP contribution is 2.26. The molecule has 0 aliphatic heterocycles. The van der Waals surface area contributed by atoms with E-state index in [2.05, 4.69) is 12.1 Å². The van der Waals surface area contributed by atoms with Crippen LogP contribution in [-0.2, 0) is 5.75 Å². The Hall–Kier alpha value is -0.770. The lowest BCUT2D eigenvalue weighted by Gasteiger charge is -2.01. The zero-order valence-corrected chi connectivity index (χ0v) is 10.8. The van der Waals surface area contributed by atoms with Crippen LogP contribution in [0.4, 0.5) is 0 Å². The summed E-state index contributed by atoms with van der Waals surface area (Å²) in [6.45, 7) is 0. The molecule has 1 aromatic heterocycles. The molecule has 0 aliphatic carbocycles. The summed E-state index contributed by atoms with van der Waals surface area (Å²) in [5.74, 6) is 0.829. The average molecular weight is 268 g/mol. The fourth-order valence-corrected chi connectivity index (χ4v) is 3.14. The van der Waals surface area contributed by atoms with Gasteiger partial charge < -0.3 is 0 Å². The highest BCUT2D eigenvalue weighted by molar-refractivity contribution is 8.13. The molecule has 0 spiro atoms. The van der Waals surface area contributed by atoms with Crippen molar-refractivity contribution in [2.75, 3.05) is 0 Å². The number of hydrogen-bond donors (Lipinski definition) is 1. The molecule has 1 N–H and O–H groups in total. The fraction of sp³-hybridized carbons (Fsp3) is 0.0833. The molecule has 1 heterocycles. The molecule has 0 aliphatic rings. The summed E-state index contributed by atoms with van der Waals surface area (Å²) in [6, 6.07) is 13.9. The maximum absolute atomic E-state index is 7.91. The monoisotopic (exact) mass is 267 g/mol. The van der Waals surface area contributed by atoms with Crippen molar-refractivity contribution in [3.8, 4) is 0 Å². The molecular formula is C12H10ClNS2. The largest absolute Gasteiger partial charge is 0.293 e. The predicted molar refractivity (Wildman–Crippen MR) is 73.9 cm³/mol. The van der Waals surface area contributed by atoms with Gasteiger partial charge in [-0.2, -0.15) is 0 Å². The average Bonchev–Trinajstić information content (AvgIpc) is 2.74. The van der Waals surface area contributed by atoms with Crippen molar-refractivity contribution in [1.29, 1.82) is 5.41 Å². The molecule has 0 radical (unpaired) electrons. The quantitative estimate of drug-likeness (QED) is 0.635. The van der Waals surface area contributed by atoms with Crippen molar-refractivity contribution in [1.82, 2.24) is 0 Å². The first-order valence-electron chi connectivity index (χ1n) is 4.76. The summed E-state index contributed by atoms with van der Waals surface area (Å²) in [5, 5.41) is 8.49. The number of halogens is 1. The van der Waals surface area contributed by atoms with E-state index in [-0.39, 0.29) is 0 Å². The first-order chi connectivity index (χ1) is 7.75. The first kappa shape index (κ1) is 11.7. The van der Waals surface area contributed by atoms with E-state index in [9.17, 15) is 0 Å². The van der Waals surface area contributed by atoms with Gasteiger partial charge in [0.2, 0.25) is 0 Å². The lowest BCUT2D eigenvalue weighted by atomic mass is 10.2. The van der Waals surface area contributed by atoms with Crippen LogP contribution in [0.3, 0.4) is 0 Å². The fourth-order valence-electron chi connectivity index (χ4n) is 1.24. The van der Waals surface area contributed by atoms with Gasteiger partial charge in [0.05, 0.1) is 9.21 Å². The third-order valence-corrected chi connectivity index (χ3v) is 4.39. The summed E-state index contributed by atoms with van der Waals surface area (Å²) in [6.07, 6.45) is 0. The van der Waals surface area contributed by atoms with Gasteiger partial charge in [0.1, 0.15) is 5.04 Å². The number of hydrogen-bond acceptors (Lipinski definition) is 3. The number of thioether (sulfide) groups is 1. The predicted octanol–water partition coefficient (Wildman–Crippen LogP) is 4.66. The highest BCUT2D eigenvalue weighted by Gasteiger charge is 2.05. The van der Waals surface area contributed by atoms with Crippen molar-refractivity contribution < 1.29 is 0 Å². The van der Waals surface area contributed by atoms with Crippen molar-refractivity contribution in [3.05, 3.63) is 57.2 Å². The van der Waals surface area contributed by atoms with E-state index in [1.165, 1.54) is 28.7 Å². The summed E-state index contributed by atoms with van der Waals surface area (Å²) < 4.78 is 0.736. The minimum Gasteiger partial charge on any atom is -0.293 e. The van der Waals surface area contributed by atoms with Crippen molar-refractivity contribution in [2.45, 2.75) is 5.75 Å². The van der Waals surface area contributed by atoms with E-state index < -0.39 is 0 Å². The van der Waals surface area contributed by atoms with Crippen molar-refractivity contribution in [3.63, 3.8) is 0 Å². The van der Waals surface area contributed by atoms with Crippen LogP contribution in [0.25, 0.3) is 0 Å². The zero-order valence-electron chi connectivity index (χ0n) is 8.44. The standard InChI is InChI=1S/C12H10ClNS2/c13-11-7-6-10(16-11)12(14)15-8-9-4-2-1-3-5-9/h1-7,14H,8H2. The van der Waals surface area contributed by atoms with Crippen LogP contribution in [0, 0.1) is 5.41 Å². The van der Waals surface area contributed by atoms with Crippen LogP contribution >= 0.6 is 34.7 Å². The summed E-state index contributed by atoms with van der Waals surface area (Å²) in [5.41, 5.74) is 1.24. The van der Waals surface area contributed by atoms with Crippen LogP contribution in [0.2, 0.25) is 4.34 Å². The van der Waals surface area contributed by atoms with E-state index in [0.717, 1.165) is 15.0 Å². The molecule has 0 unspecified atom stereocenters. The zero-order chi connectivity index (χ0) is 11.4. The maximum atomic E-state index is 7.91. The summed E-state index contributed by atoms with van der Waals surface area (Å²) >= 11 is 8.82. The second-order valence-corrected chi connectivity index (χ2v) is 5.91. The number of thiophene rings is 1. The van der Waals surface area contributed by atoms with Gasteiger partial charge in [0, 0.05) is 5.75 Å². The van der Waals surface area contributed by atoms with Gasteiger partial charge >= 0.3 is 0 Å². The van der Waals surface area contributed by atoms with E-state index >= 15 is 0 Å². The molecule has 0 saturated carbocycles. The van der Waals surface area contributed by atoms with Crippen LogP contribution in [-0.4, -0.2) is 5.04 Å². The molecule has 1 nitrogen and oxygen atoms in total. The van der Waals surface area contributed by atoms with E-state index in [1.807, 2.05) is 30.3 Å². The Labute approximate surface area is 108 Å². The molecule has 82 valence electrons. The highest BCUT2D eigenvalue weighted by atomic mass is 35.5.